The molecule has 0 aromatic heterocycles. The van der Waals surface area contributed by atoms with E-state index < -0.39 is 0 Å². The smallest absolute Gasteiger partial charge is 0.309 e. The van der Waals surface area contributed by atoms with Crippen LogP contribution in [0.1, 0.15) is 46.5 Å². The molecular weight excluding hydrogens is 254 g/mol. The van der Waals surface area contributed by atoms with E-state index in [1.807, 2.05) is 6.92 Å². The molecular formula is C15H29N3O2. The number of esters is 1. The number of rotatable bonds is 6. The molecule has 1 aliphatic heterocycles. The molecule has 1 N–H and O–H groups in total. The van der Waals surface area contributed by atoms with Gasteiger partial charge in [-0.3, -0.25) is 9.79 Å². The zero-order valence-electron chi connectivity index (χ0n) is 13.2. The van der Waals surface area contributed by atoms with Crippen molar-refractivity contribution in [1.29, 1.82) is 0 Å². The number of hydrogen-bond donors (Lipinski definition) is 1. The lowest BCUT2D eigenvalue weighted by atomic mass is 9.97. The third kappa shape index (κ3) is 5.39. The van der Waals surface area contributed by atoms with Crippen LogP contribution in [0, 0.1) is 5.92 Å². The van der Waals surface area contributed by atoms with Gasteiger partial charge in [-0.05, 0) is 33.1 Å². The molecule has 0 aliphatic carbocycles. The Kier molecular flexibility index (Phi) is 8.07. The second kappa shape index (κ2) is 9.61. The van der Waals surface area contributed by atoms with Gasteiger partial charge in [0.2, 0.25) is 0 Å². The van der Waals surface area contributed by atoms with Gasteiger partial charge >= 0.3 is 5.97 Å². The standard InChI is InChI=1S/C15H29N3O2/c1-4-7-10-17-15(16-5-2)18-11-8-13(9-12-18)14(19)20-6-3/h13H,4-12H2,1-3H3,(H,16,17). The number of carbonyl (C=O) groups excluding carboxylic acids is 1. The lowest BCUT2D eigenvalue weighted by Crippen LogP contribution is -2.46. The van der Waals surface area contributed by atoms with Crippen molar-refractivity contribution >= 4 is 11.9 Å². The average molecular weight is 283 g/mol. The van der Waals surface area contributed by atoms with Crippen LogP contribution in [0.5, 0.6) is 0 Å². The molecule has 1 rings (SSSR count). The minimum absolute atomic E-state index is 0.0416. The quantitative estimate of drug-likeness (QED) is 0.351. The Hall–Kier alpha value is -1.26. The molecule has 1 saturated heterocycles. The second-order valence-electron chi connectivity index (χ2n) is 5.10. The van der Waals surface area contributed by atoms with E-state index in [0.717, 1.165) is 57.8 Å². The molecule has 0 unspecified atom stereocenters. The Balaban J connectivity index is 2.47. The summed E-state index contributed by atoms with van der Waals surface area (Å²) in [6.45, 7) is 10.1. The third-order valence-corrected chi connectivity index (χ3v) is 3.52. The Labute approximate surface area is 122 Å². The largest absolute Gasteiger partial charge is 0.466 e. The minimum Gasteiger partial charge on any atom is -0.466 e. The van der Waals surface area contributed by atoms with Gasteiger partial charge in [0.15, 0.2) is 5.96 Å². The fourth-order valence-corrected chi connectivity index (χ4v) is 2.36. The molecule has 0 aromatic carbocycles. The van der Waals surface area contributed by atoms with Gasteiger partial charge in [-0.25, -0.2) is 0 Å². The van der Waals surface area contributed by atoms with Crippen molar-refractivity contribution in [3.05, 3.63) is 0 Å². The molecule has 1 fully saturated rings. The molecule has 0 bridgehead atoms. The summed E-state index contributed by atoms with van der Waals surface area (Å²) in [5, 5.41) is 3.34. The molecule has 5 heteroatoms. The number of ether oxygens (including phenoxy) is 1. The van der Waals surface area contributed by atoms with Crippen molar-refractivity contribution < 1.29 is 9.53 Å². The highest BCUT2D eigenvalue weighted by molar-refractivity contribution is 5.80. The first kappa shape index (κ1) is 16.8. The number of nitrogens with one attached hydrogen (secondary N) is 1. The number of hydrogen-bond acceptors (Lipinski definition) is 3. The summed E-state index contributed by atoms with van der Waals surface area (Å²) in [5.74, 6) is 1.01. The molecule has 1 aliphatic rings. The molecule has 0 aromatic rings. The second-order valence-corrected chi connectivity index (χ2v) is 5.10. The molecule has 116 valence electrons. The summed E-state index contributed by atoms with van der Waals surface area (Å²) >= 11 is 0. The summed E-state index contributed by atoms with van der Waals surface area (Å²) in [4.78, 5) is 18.6. The van der Waals surface area contributed by atoms with Gasteiger partial charge < -0.3 is 15.0 Å². The normalized spacial score (nSPS) is 17.1. The fourth-order valence-electron chi connectivity index (χ4n) is 2.36. The van der Waals surface area contributed by atoms with Crippen molar-refractivity contribution in [3.63, 3.8) is 0 Å². The van der Waals surface area contributed by atoms with Crippen LogP contribution >= 0.6 is 0 Å². The van der Waals surface area contributed by atoms with Crippen molar-refractivity contribution in [3.8, 4) is 0 Å². The molecule has 0 radical (unpaired) electrons. The zero-order chi connectivity index (χ0) is 14.8. The van der Waals surface area contributed by atoms with E-state index in [1.54, 1.807) is 0 Å². The minimum atomic E-state index is -0.0416. The zero-order valence-corrected chi connectivity index (χ0v) is 13.2. The van der Waals surface area contributed by atoms with Crippen LogP contribution in [0.4, 0.5) is 0 Å². The summed E-state index contributed by atoms with van der Waals surface area (Å²) in [7, 11) is 0. The molecule has 20 heavy (non-hydrogen) atoms. The van der Waals surface area contributed by atoms with E-state index in [9.17, 15) is 4.79 Å². The molecule has 0 saturated carbocycles. The van der Waals surface area contributed by atoms with Crippen LogP contribution in [-0.2, 0) is 9.53 Å². The van der Waals surface area contributed by atoms with E-state index >= 15 is 0 Å². The van der Waals surface area contributed by atoms with Crippen LogP contribution in [0.2, 0.25) is 0 Å². The van der Waals surface area contributed by atoms with E-state index in [2.05, 4.69) is 29.1 Å². The maximum absolute atomic E-state index is 11.7. The number of carbonyl (C=O) groups is 1. The van der Waals surface area contributed by atoms with Crippen LogP contribution in [0.3, 0.4) is 0 Å². The Bertz CT molecular complexity index is 310. The highest BCUT2D eigenvalue weighted by Gasteiger charge is 2.27. The lowest BCUT2D eigenvalue weighted by molar-refractivity contribution is -0.149. The third-order valence-electron chi connectivity index (χ3n) is 3.52. The Morgan fingerprint density at radius 2 is 2.00 bits per heavy atom. The van der Waals surface area contributed by atoms with Crippen molar-refractivity contribution in [2.45, 2.75) is 46.5 Å². The van der Waals surface area contributed by atoms with E-state index in [4.69, 9.17) is 4.74 Å². The van der Waals surface area contributed by atoms with Gasteiger partial charge in [0.05, 0.1) is 12.5 Å². The fraction of sp³-hybridized carbons (Fsp3) is 0.867. The van der Waals surface area contributed by atoms with Crippen LogP contribution in [0.25, 0.3) is 0 Å². The van der Waals surface area contributed by atoms with E-state index in [-0.39, 0.29) is 11.9 Å². The molecule has 1 heterocycles. The number of piperidine rings is 1. The predicted molar refractivity (Wildman–Crippen MR) is 81.8 cm³/mol. The van der Waals surface area contributed by atoms with Crippen LogP contribution < -0.4 is 5.32 Å². The maximum Gasteiger partial charge on any atom is 0.309 e. The summed E-state index contributed by atoms with van der Waals surface area (Å²) in [6, 6.07) is 0. The van der Waals surface area contributed by atoms with Crippen LogP contribution in [-0.4, -0.2) is 49.6 Å². The molecule has 0 spiro atoms. The van der Waals surface area contributed by atoms with Gasteiger partial charge in [-0.2, -0.15) is 0 Å². The van der Waals surface area contributed by atoms with Crippen LogP contribution in [0.15, 0.2) is 4.99 Å². The first-order valence-electron chi connectivity index (χ1n) is 7.92. The van der Waals surface area contributed by atoms with Gasteiger partial charge in [0.1, 0.15) is 0 Å². The highest BCUT2D eigenvalue weighted by atomic mass is 16.5. The van der Waals surface area contributed by atoms with Crippen molar-refractivity contribution in [1.82, 2.24) is 10.2 Å². The van der Waals surface area contributed by atoms with Crippen molar-refractivity contribution in [2.75, 3.05) is 32.8 Å². The molecule has 0 amide bonds. The molecule has 0 atom stereocenters. The lowest BCUT2D eigenvalue weighted by Gasteiger charge is -2.33. The summed E-state index contributed by atoms with van der Waals surface area (Å²) in [5.41, 5.74) is 0. The average Bonchev–Trinajstić information content (AvgIpc) is 2.47. The number of guanidine groups is 1. The SMILES string of the molecule is CCCCN=C(NCC)N1CCC(C(=O)OCC)CC1. The number of likely N-dealkylation sites (tertiary alicyclic amines) is 1. The van der Waals surface area contributed by atoms with Gasteiger partial charge in [0, 0.05) is 26.2 Å². The number of nitrogens with zero attached hydrogens (tertiary/aromatic N) is 2. The highest BCUT2D eigenvalue weighted by Crippen LogP contribution is 2.18. The maximum atomic E-state index is 11.7. The predicted octanol–water partition coefficient (Wildman–Crippen LogP) is 2.03. The Morgan fingerprint density at radius 3 is 2.55 bits per heavy atom. The van der Waals surface area contributed by atoms with Gasteiger partial charge in [-0.15, -0.1) is 0 Å². The van der Waals surface area contributed by atoms with Crippen molar-refractivity contribution in [2.24, 2.45) is 10.9 Å². The summed E-state index contributed by atoms with van der Waals surface area (Å²) < 4.78 is 5.10. The van der Waals surface area contributed by atoms with E-state index in [1.165, 1.54) is 0 Å². The van der Waals surface area contributed by atoms with E-state index in [0.29, 0.717) is 6.61 Å². The topological polar surface area (TPSA) is 53.9 Å². The Morgan fingerprint density at radius 1 is 1.30 bits per heavy atom. The number of aliphatic imine (C=N–C) groups is 1. The first-order valence-corrected chi connectivity index (χ1v) is 7.92. The molecule has 5 nitrogen and oxygen atoms in total. The first-order chi connectivity index (χ1) is 9.72. The number of unbranched alkanes of at least 4 members (excludes halogenated alkanes) is 1. The summed E-state index contributed by atoms with van der Waals surface area (Å²) in [6.07, 6.45) is 4.00. The van der Waals surface area contributed by atoms with Gasteiger partial charge in [0.25, 0.3) is 0 Å². The monoisotopic (exact) mass is 283 g/mol. The van der Waals surface area contributed by atoms with Gasteiger partial charge in [-0.1, -0.05) is 13.3 Å².